The second kappa shape index (κ2) is 8.21. The second-order valence-electron chi connectivity index (χ2n) is 7.79. The Bertz CT molecular complexity index is 1570. The number of fused-ring (bicyclic) bond motifs is 1. The van der Waals surface area contributed by atoms with Crippen LogP contribution in [0.15, 0.2) is 94.7 Å². The van der Waals surface area contributed by atoms with Crippen LogP contribution in [0.1, 0.15) is 16.5 Å². The van der Waals surface area contributed by atoms with E-state index in [1.807, 2.05) is 35.7 Å². The maximum atomic E-state index is 13.2. The number of ketones is 1. The number of hydrogen-bond donors (Lipinski definition) is 2. The highest BCUT2D eigenvalue weighted by molar-refractivity contribution is 7.89. The van der Waals surface area contributed by atoms with Crippen LogP contribution < -0.4 is 10.0 Å². The van der Waals surface area contributed by atoms with Crippen LogP contribution in [0.25, 0.3) is 16.5 Å². The van der Waals surface area contributed by atoms with E-state index in [0.29, 0.717) is 16.1 Å². The van der Waals surface area contributed by atoms with Gasteiger partial charge in [-0.25, -0.2) is 13.6 Å². The molecule has 1 fully saturated rings. The van der Waals surface area contributed by atoms with Crippen molar-refractivity contribution < 1.29 is 23.1 Å². The Labute approximate surface area is 199 Å². The molecule has 0 aliphatic carbocycles. The Morgan fingerprint density at radius 3 is 2.26 bits per heavy atom. The van der Waals surface area contributed by atoms with Crippen molar-refractivity contribution >= 4 is 55.3 Å². The van der Waals surface area contributed by atoms with E-state index in [-0.39, 0.29) is 16.2 Å². The number of aliphatic hydroxyl groups excluding tert-OH is 1. The average Bonchev–Trinajstić information content (AvgIpc) is 3.45. The molecule has 1 unspecified atom stereocenters. The zero-order valence-corrected chi connectivity index (χ0v) is 19.2. The molecular weight excluding hydrogens is 472 g/mol. The first-order chi connectivity index (χ1) is 16.3. The SMILES string of the molecule is NS(=O)(=O)c1ccc(N2C(=O)C(=O)/C(=C(\O)c3ccc4ccccc4c3)C2c2cccs2)cc1. The van der Waals surface area contributed by atoms with Crippen LogP contribution in [-0.2, 0) is 19.6 Å². The van der Waals surface area contributed by atoms with Gasteiger partial charge in [-0.15, -0.1) is 11.3 Å². The van der Waals surface area contributed by atoms with Crippen molar-refractivity contribution in [1.82, 2.24) is 0 Å². The molecule has 170 valence electrons. The Kier molecular flexibility index (Phi) is 5.32. The quantitative estimate of drug-likeness (QED) is 0.253. The molecule has 1 saturated heterocycles. The number of Topliss-reactive ketones (excluding diaryl/α,β-unsaturated/α-hetero) is 1. The summed E-state index contributed by atoms with van der Waals surface area (Å²) in [5.74, 6) is -1.91. The maximum absolute atomic E-state index is 13.2. The number of primary sulfonamides is 1. The Morgan fingerprint density at radius 1 is 0.912 bits per heavy atom. The standard InChI is InChI=1S/C25H18N2O5S2/c26-34(31,32)19-11-9-18(10-12-19)27-22(20-6-3-13-33-20)21(24(29)25(27)30)23(28)17-8-7-15-4-1-2-5-16(15)14-17/h1-14,22,28H,(H2,26,31,32)/b23-21-. The van der Waals surface area contributed by atoms with E-state index >= 15 is 0 Å². The summed E-state index contributed by atoms with van der Waals surface area (Å²) in [4.78, 5) is 28.2. The minimum atomic E-state index is -3.92. The van der Waals surface area contributed by atoms with Crippen LogP contribution in [0.4, 0.5) is 5.69 Å². The lowest BCUT2D eigenvalue weighted by molar-refractivity contribution is -0.132. The lowest BCUT2D eigenvalue weighted by atomic mass is 9.98. The highest BCUT2D eigenvalue weighted by Crippen LogP contribution is 2.43. The number of rotatable bonds is 4. The van der Waals surface area contributed by atoms with Crippen molar-refractivity contribution in [1.29, 1.82) is 0 Å². The van der Waals surface area contributed by atoms with Crippen molar-refractivity contribution in [2.45, 2.75) is 10.9 Å². The molecule has 4 aromatic rings. The van der Waals surface area contributed by atoms with Gasteiger partial charge in [0, 0.05) is 16.1 Å². The van der Waals surface area contributed by atoms with Crippen molar-refractivity contribution in [2.24, 2.45) is 5.14 Å². The summed E-state index contributed by atoms with van der Waals surface area (Å²) in [6.45, 7) is 0. The van der Waals surface area contributed by atoms with Gasteiger partial charge in [0.1, 0.15) is 11.8 Å². The molecule has 2 heterocycles. The van der Waals surface area contributed by atoms with E-state index in [0.717, 1.165) is 10.8 Å². The van der Waals surface area contributed by atoms with E-state index in [9.17, 15) is 23.1 Å². The first kappa shape index (κ1) is 22.0. The number of nitrogens with zero attached hydrogens (tertiary/aromatic N) is 1. The van der Waals surface area contributed by atoms with Gasteiger partial charge in [0.2, 0.25) is 10.0 Å². The van der Waals surface area contributed by atoms with Gasteiger partial charge in [-0.3, -0.25) is 14.5 Å². The van der Waals surface area contributed by atoms with Gasteiger partial charge in [-0.05, 0) is 52.6 Å². The molecular formula is C25H18N2O5S2. The fourth-order valence-corrected chi connectivity index (χ4v) is 5.44. The highest BCUT2D eigenvalue weighted by Gasteiger charge is 2.47. The van der Waals surface area contributed by atoms with Crippen molar-refractivity contribution in [3.63, 3.8) is 0 Å². The zero-order chi connectivity index (χ0) is 24.0. The van der Waals surface area contributed by atoms with Gasteiger partial charge >= 0.3 is 0 Å². The number of sulfonamides is 1. The van der Waals surface area contributed by atoms with Gasteiger partial charge in [-0.1, -0.05) is 42.5 Å². The molecule has 0 spiro atoms. The van der Waals surface area contributed by atoms with Gasteiger partial charge in [0.25, 0.3) is 11.7 Å². The second-order valence-corrected chi connectivity index (χ2v) is 10.3. The lowest BCUT2D eigenvalue weighted by Crippen LogP contribution is -2.29. The summed E-state index contributed by atoms with van der Waals surface area (Å²) in [5.41, 5.74) is 0.701. The van der Waals surface area contributed by atoms with Gasteiger partial charge < -0.3 is 5.11 Å². The summed E-state index contributed by atoms with van der Waals surface area (Å²) < 4.78 is 23.3. The summed E-state index contributed by atoms with van der Waals surface area (Å²) in [7, 11) is -3.92. The van der Waals surface area contributed by atoms with Crippen LogP contribution in [0.5, 0.6) is 0 Å². The van der Waals surface area contributed by atoms with Crippen LogP contribution in [-0.4, -0.2) is 25.2 Å². The molecule has 1 aliphatic rings. The van der Waals surface area contributed by atoms with E-state index in [2.05, 4.69) is 0 Å². The number of anilines is 1. The Morgan fingerprint density at radius 2 is 1.62 bits per heavy atom. The van der Waals surface area contributed by atoms with Crippen LogP contribution in [0.2, 0.25) is 0 Å². The number of aliphatic hydroxyl groups is 1. The molecule has 0 bridgehead atoms. The largest absolute Gasteiger partial charge is 0.507 e. The fourth-order valence-electron chi connectivity index (χ4n) is 4.10. The molecule has 9 heteroatoms. The van der Waals surface area contributed by atoms with E-state index in [4.69, 9.17) is 5.14 Å². The number of carbonyl (C=O) groups excluding carboxylic acids is 2. The number of benzene rings is 3. The molecule has 1 aromatic heterocycles. The minimum Gasteiger partial charge on any atom is -0.507 e. The monoisotopic (exact) mass is 490 g/mol. The predicted molar refractivity (Wildman–Crippen MR) is 131 cm³/mol. The molecule has 34 heavy (non-hydrogen) atoms. The third kappa shape index (κ3) is 3.69. The van der Waals surface area contributed by atoms with E-state index < -0.39 is 27.8 Å². The number of hydrogen-bond acceptors (Lipinski definition) is 6. The normalized spacial score (nSPS) is 18.0. The van der Waals surface area contributed by atoms with Crippen molar-refractivity contribution in [2.75, 3.05) is 4.90 Å². The first-order valence-corrected chi connectivity index (χ1v) is 12.6. The van der Waals surface area contributed by atoms with Gasteiger partial charge in [-0.2, -0.15) is 0 Å². The molecule has 3 aromatic carbocycles. The molecule has 1 atom stereocenters. The maximum Gasteiger partial charge on any atom is 0.300 e. The summed E-state index contributed by atoms with van der Waals surface area (Å²) in [6, 6.07) is 21.0. The number of amides is 1. The van der Waals surface area contributed by atoms with E-state index in [1.165, 1.54) is 40.5 Å². The Hall–Kier alpha value is -3.79. The predicted octanol–water partition coefficient (Wildman–Crippen LogP) is 4.18. The minimum absolute atomic E-state index is 0.0294. The number of carbonyl (C=O) groups is 2. The Balaban J connectivity index is 1.67. The third-order valence-electron chi connectivity index (χ3n) is 5.72. The number of thiophene rings is 1. The first-order valence-electron chi connectivity index (χ1n) is 10.2. The average molecular weight is 491 g/mol. The van der Waals surface area contributed by atoms with Gasteiger partial charge in [0.05, 0.1) is 10.5 Å². The lowest BCUT2D eigenvalue weighted by Gasteiger charge is -2.24. The van der Waals surface area contributed by atoms with Crippen LogP contribution in [0, 0.1) is 0 Å². The topological polar surface area (TPSA) is 118 Å². The van der Waals surface area contributed by atoms with Crippen molar-refractivity contribution in [3.8, 4) is 0 Å². The van der Waals surface area contributed by atoms with E-state index in [1.54, 1.807) is 24.3 Å². The summed E-state index contributed by atoms with van der Waals surface area (Å²) in [6.07, 6.45) is 0. The van der Waals surface area contributed by atoms with Crippen molar-refractivity contribution in [3.05, 3.63) is 100 Å². The molecule has 7 nitrogen and oxygen atoms in total. The molecule has 1 amide bonds. The summed E-state index contributed by atoms with van der Waals surface area (Å²) in [5, 5.41) is 20.1. The summed E-state index contributed by atoms with van der Waals surface area (Å²) >= 11 is 1.34. The molecule has 0 radical (unpaired) electrons. The van der Waals surface area contributed by atoms with Crippen LogP contribution >= 0.6 is 11.3 Å². The van der Waals surface area contributed by atoms with Crippen LogP contribution in [0.3, 0.4) is 0 Å². The van der Waals surface area contributed by atoms with Gasteiger partial charge in [0.15, 0.2) is 0 Å². The number of nitrogens with two attached hydrogens (primary N) is 1. The molecule has 1 aliphatic heterocycles. The highest BCUT2D eigenvalue weighted by atomic mass is 32.2. The third-order valence-corrected chi connectivity index (χ3v) is 7.58. The molecule has 3 N–H and O–H groups in total. The molecule has 5 rings (SSSR count). The zero-order valence-electron chi connectivity index (χ0n) is 17.6. The fraction of sp³-hybridized carbons (Fsp3) is 0.0400. The molecule has 0 saturated carbocycles. The smallest absolute Gasteiger partial charge is 0.300 e.